The maximum absolute atomic E-state index is 5.81. The van der Waals surface area contributed by atoms with Gasteiger partial charge in [-0.15, -0.1) is 0 Å². The minimum Gasteiger partial charge on any atom is -0.493 e. The van der Waals surface area contributed by atoms with Gasteiger partial charge in [-0.2, -0.15) is 0 Å². The van der Waals surface area contributed by atoms with Crippen molar-refractivity contribution in [2.45, 2.75) is 26.8 Å². The second-order valence-electron chi connectivity index (χ2n) is 5.77. The van der Waals surface area contributed by atoms with Gasteiger partial charge in [0.1, 0.15) is 5.75 Å². The van der Waals surface area contributed by atoms with Crippen molar-refractivity contribution in [1.29, 1.82) is 0 Å². The largest absolute Gasteiger partial charge is 0.493 e. The highest BCUT2D eigenvalue weighted by Gasteiger charge is 2.00. The number of rotatable bonds is 8. The zero-order valence-corrected chi connectivity index (χ0v) is 14.9. The van der Waals surface area contributed by atoms with Crippen LogP contribution in [0, 0.1) is 6.92 Å². The van der Waals surface area contributed by atoms with Gasteiger partial charge >= 0.3 is 0 Å². The third kappa shape index (κ3) is 5.99. The third-order valence-corrected chi connectivity index (χ3v) is 3.62. The molecular weight excluding hydrogens is 300 g/mol. The Morgan fingerprint density at radius 3 is 2.75 bits per heavy atom. The van der Waals surface area contributed by atoms with Gasteiger partial charge in [-0.3, -0.25) is 0 Å². The molecule has 0 aliphatic carbocycles. The van der Waals surface area contributed by atoms with E-state index in [9.17, 15) is 0 Å². The molecule has 0 aliphatic heterocycles. The number of nitrogens with zero attached hydrogens (tertiary/aromatic N) is 2. The highest BCUT2D eigenvalue weighted by atomic mass is 16.5. The van der Waals surface area contributed by atoms with Crippen molar-refractivity contribution in [2.75, 3.05) is 19.7 Å². The fourth-order valence-corrected chi connectivity index (χ4v) is 2.35. The van der Waals surface area contributed by atoms with E-state index in [1.54, 1.807) is 0 Å². The number of aromatic nitrogens is 1. The number of para-hydroxylation sites is 1. The predicted octanol–water partition coefficient (Wildman–Crippen LogP) is 2.86. The summed E-state index contributed by atoms with van der Waals surface area (Å²) >= 11 is 0. The number of hydrogen-bond acceptors (Lipinski definition) is 2. The molecule has 0 saturated heterocycles. The fraction of sp³-hybridized carbons (Fsp3) is 0.421. The summed E-state index contributed by atoms with van der Waals surface area (Å²) in [6.07, 6.45) is 5.04. The lowest BCUT2D eigenvalue weighted by molar-refractivity contribution is 0.309. The summed E-state index contributed by atoms with van der Waals surface area (Å²) in [6.45, 7) is 7.17. The van der Waals surface area contributed by atoms with Crippen molar-refractivity contribution in [3.8, 4) is 5.75 Å². The number of nitrogens with one attached hydrogen (secondary N) is 2. The Hall–Kier alpha value is -2.43. The van der Waals surface area contributed by atoms with Gasteiger partial charge in [-0.1, -0.05) is 18.2 Å². The zero-order chi connectivity index (χ0) is 17.2. The maximum Gasteiger partial charge on any atom is 0.191 e. The smallest absolute Gasteiger partial charge is 0.191 e. The fourth-order valence-electron chi connectivity index (χ4n) is 2.35. The number of benzene rings is 1. The Morgan fingerprint density at radius 2 is 2.04 bits per heavy atom. The molecule has 130 valence electrons. The number of ether oxygens (including phenoxy) is 1. The summed E-state index contributed by atoms with van der Waals surface area (Å²) in [4.78, 5) is 4.61. The van der Waals surface area contributed by atoms with Gasteiger partial charge in [-0.05, 0) is 43.5 Å². The van der Waals surface area contributed by atoms with Crippen LogP contribution in [0.4, 0.5) is 0 Å². The van der Waals surface area contributed by atoms with Gasteiger partial charge in [0.25, 0.3) is 0 Å². The van der Waals surface area contributed by atoms with Crippen LogP contribution in [0.5, 0.6) is 5.75 Å². The topological polar surface area (TPSA) is 50.6 Å². The van der Waals surface area contributed by atoms with Crippen LogP contribution in [-0.2, 0) is 13.6 Å². The molecule has 1 aromatic carbocycles. The first-order valence-electron chi connectivity index (χ1n) is 8.50. The van der Waals surface area contributed by atoms with Crippen molar-refractivity contribution >= 4 is 5.96 Å². The van der Waals surface area contributed by atoms with E-state index in [1.165, 1.54) is 11.1 Å². The standard InChI is InChI=1S/C19H28N4O/c1-4-20-19(22-14-17-10-12-23(3)15-17)21-11-7-13-24-18-9-6-5-8-16(18)2/h5-6,8-10,12,15H,4,7,11,13-14H2,1-3H3,(H2,20,21,22). The molecule has 2 aromatic rings. The van der Waals surface area contributed by atoms with Crippen molar-refractivity contribution in [2.24, 2.45) is 12.0 Å². The molecule has 0 atom stereocenters. The molecule has 0 saturated carbocycles. The summed E-state index contributed by atoms with van der Waals surface area (Å²) in [5, 5.41) is 6.62. The lowest BCUT2D eigenvalue weighted by Gasteiger charge is -2.12. The number of hydrogen-bond donors (Lipinski definition) is 2. The second-order valence-corrected chi connectivity index (χ2v) is 5.77. The van der Waals surface area contributed by atoms with Gasteiger partial charge in [0, 0.05) is 32.5 Å². The van der Waals surface area contributed by atoms with E-state index in [0.29, 0.717) is 13.2 Å². The highest BCUT2D eigenvalue weighted by Crippen LogP contribution is 2.15. The van der Waals surface area contributed by atoms with Gasteiger partial charge in [0.05, 0.1) is 13.2 Å². The van der Waals surface area contributed by atoms with Crippen molar-refractivity contribution < 1.29 is 4.74 Å². The molecule has 0 bridgehead atoms. The van der Waals surface area contributed by atoms with Gasteiger partial charge < -0.3 is 19.9 Å². The lowest BCUT2D eigenvalue weighted by atomic mass is 10.2. The average molecular weight is 328 g/mol. The molecule has 0 unspecified atom stereocenters. The summed E-state index contributed by atoms with van der Waals surface area (Å²) in [5.74, 6) is 1.80. The van der Waals surface area contributed by atoms with Crippen LogP contribution in [-0.4, -0.2) is 30.2 Å². The molecule has 2 rings (SSSR count). The summed E-state index contributed by atoms with van der Waals surface area (Å²) < 4.78 is 7.84. The van der Waals surface area contributed by atoms with Crippen LogP contribution in [0.15, 0.2) is 47.7 Å². The highest BCUT2D eigenvalue weighted by molar-refractivity contribution is 5.79. The minimum absolute atomic E-state index is 0.676. The molecule has 0 spiro atoms. The molecule has 0 fully saturated rings. The van der Waals surface area contributed by atoms with E-state index in [-0.39, 0.29) is 0 Å². The molecule has 1 aromatic heterocycles. The molecule has 5 heteroatoms. The normalized spacial score (nSPS) is 11.4. The zero-order valence-electron chi connectivity index (χ0n) is 14.9. The number of aliphatic imine (C=N–C) groups is 1. The Morgan fingerprint density at radius 1 is 1.21 bits per heavy atom. The Balaban J connectivity index is 1.72. The van der Waals surface area contributed by atoms with E-state index < -0.39 is 0 Å². The van der Waals surface area contributed by atoms with Gasteiger partial charge in [0.15, 0.2) is 5.96 Å². The monoisotopic (exact) mass is 328 g/mol. The first-order valence-corrected chi connectivity index (χ1v) is 8.50. The van der Waals surface area contributed by atoms with Crippen LogP contribution in [0.1, 0.15) is 24.5 Å². The molecule has 0 amide bonds. The summed E-state index contributed by atoms with van der Waals surface area (Å²) in [6, 6.07) is 10.2. The van der Waals surface area contributed by atoms with Crippen LogP contribution >= 0.6 is 0 Å². The van der Waals surface area contributed by atoms with Crippen LogP contribution in [0.2, 0.25) is 0 Å². The van der Waals surface area contributed by atoms with Crippen molar-refractivity contribution in [3.05, 3.63) is 53.9 Å². The molecule has 2 N–H and O–H groups in total. The van der Waals surface area contributed by atoms with Crippen LogP contribution in [0.3, 0.4) is 0 Å². The quantitative estimate of drug-likeness (QED) is 0.445. The van der Waals surface area contributed by atoms with E-state index in [2.05, 4.69) is 47.8 Å². The van der Waals surface area contributed by atoms with Crippen LogP contribution in [0.25, 0.3) is 0 Å². The van der Waals surface area contributed by atoms with Crippen molar-refractivity contribution in [3.63, 3.8) is 0 Å². The first kappa shape index (κ1) is 17.9. The summed E-state index contributed by atoms with van der Waals surface area (Å²) in [5.41, 5.74) is 2.38. The second kappa shape index (κ2) is 9.65. The Kier molecular flexibility index (Phi) is 7.21. The van der Waals surface area contributed by atoms with Crippen molar-refractivity contribution in [1.82, 2.24) is 15.2 Å². The molecule has 0 radical (unpaired) electrons. The Labute approximate surface area is 144 Å². The lowest BCUT2D eigenvalue weighted by Crippen LogP contribution is -2.38. The van der Waals surface area contributed by atoms with Gasteiger partial charge in [-0.25, -0.2) is 4.99 Å². The minimum atomic E-state index is 0.676. The molecule has 0 aliphatic rings. The van der Waals surface area contributed by atoms with E-state index in [4.69, 9.17) is 4.74 Å². The summed E-state index contributed by atoms with van der Waals surface area (Å²) in [7, 11) is 2.02. The van der Waals surface area contributed by atoms with Gasteiger partial charge in [0.2, 0.25) is 0 Å². The van der Waals surface area contributed by atoms with E-state index in [1.807, 2.05) is 36.0 Å². The number of aryl methyl sites for hydroxylation is 2. The molecule has 1 heterocycles. The average Bonchev–Trinajstić information content (AvgIpc) is 2.99. The maximum atomic E-state index is 5.81. The molecule has 5 nitrogen and oxygen atoms in total. The van der Waals surface area contributed by atoms with E-state index in [0.717, 1.165) is 31.2 Å². The Bertz CT molecular complexity index is 648. The van der Waals surface area contributed by atoms with Crippen LogP contribution < -0.4 is 15.4 Å². The SMILES string of the molecule is CCNC(=NCc1ccn(C)c1)NCCCOc1ccccc1C. The third-order valence-electron chi connectivity index (χ3n) is 3.62. The first-order chi connectivity index (χ1) is 11.7. The molecular formula is C19H28N4O. The predicted molar refractivity (Wildman–Crippen MR) is 99.5 cm³/mol. The molecule has 24 heavy (non-hydrogen) atoms. The van der Waals surface area contributed by atoms with E-state index >= 15 is 0 Å². The number of guanidine groups is 1.